The molecule has 0 radical (unpaired) electrons. The molecule has 1 amide bonds. The maximum atomic E-state index is 11.8. The van der Waals surface area contributed by atoms with E-state index in [-0.39, 0.29) is 30.9 Å². The van der Waals surface area contributed by atoms with Crippen molar-refractivity contribution in [1.82, 2.24) is 10.3 Å². The van der Waals surface area contributed by atoms with Crippen molar-refractivity contribution in [2.45, 2.75) is 19.4 Å². The van der Waals surface area contributed by atoms with Crippen molar-refractivity contribution in [1.29, 1.82) is 0 Å². The fourth-order valence-electron chi connectivity index (χ4n) is 1.71. The molecule has 1 atom stereocenters. The molecular formula is C14H17N3O4S. The number of furan rings is 1. The summed E-state index contributed by atoms with van der Waals surface area (Å²) in [7, 11) is 1.33. The Kier molecular flexibility index (Phi) is 5.68. The number of amides is 1. The van der Waals surface area contributed by atoms with E-state index in [1.54, 1.807) is 18.5 Å². The molecule has 0 spiro atoms. The van der Waals surface area contributed by atoms with E-state index in [1.165, 1.54) is 18.4 Å². The number of anilines is 1. The van der Waals surface area contributed by atoms with Gasteiger partial charge in [-0.05, 0) is 19.1 Å². The summed E-state index contributed by atoms with van der Waals surface area (Å²) in [5.41, 5.74) is 0. The summed E-state index contributed by atoms with van der Waals surface area (Å²) >= 11 is 1.25. The Morgan fingerprint density at radius 1 is 1.50 bits per heavy atom. The van der Waals surface area contributed by atoms with E-state index in [2.05, 4.69) is 20.4 Å². The molecule has 2 aromatic rings. The van der Waals surface area contributed by atoms with Gasteiger partial charge in [-0.25, -0.2) is 4.98 Å². The van der Waals surface area contributed by atoms with Crippen LogP contribution in [0.2, 0.25) is 0 Å². The molecule has 0 aliphatic carbocycles. The summed E-state index contributed by atoms with van der Waals surface area (Å²) in [6, 6.07) is 3.58. The number of ether oxygens (including phenoxy) is 1. The summed E-state index contributed by atoms with van der Waals surface area (Å²) in [6.45, 7) is 2.04. The quantitative estimate of drug-likeness (QED) is 0.754. The monoisotopic (exact) mass is 323 g/mol. The number of nitrogens with zero attached hydrogens (tertiary/aromatic N) is 1. The number of carbonyl (C=O) groups is 2. The second kappa shape index (κ2) is 7.71. The van der Waals surface area contributed by atoms with Crippen LogP contribution in [0.15, 0.2) is 29.0 Å². The van der Waals surface area contributed by atoms with Gasteiger partial charge >= 0.3 is 5.97 Å². The maximum absolute atomic E-state index is 11.8. The molecule has 2 rings (SSSR count). The molecule has 2 heterocycles. The van der Waals surface area contributed by atoms with Gasteiger partial charge in [0, 0.05) is 11.1 Å². The van der Waals surface area contributed by atoms with E-state index in [1.807, 2.05) is 13.0 Å². The van der Waals surface area contributed by atoms with Gasteiger partial charge in [0.25, 0.3) is 0 Å². The van der Waals surface area contributed by atoms with Gasteiger partial charge in [-0.3, -0.25) is 14.9 Å². The van der Waals surface area contributed by atoms with Crippen LogP contribution in [0.5, 0.6) is 0 Å². The smallest absolute Gasteiger partial charge is 0.310 e. The SMILES string of the molecule is COC(=O)Cc1cnc(NC(=O)CNC(C)c2ccco2)s1. The van der Waals surface area contributed by atoms with E-state index in [0.717, 1.165) is 10.6 Å². The van der Waals surface area contributed by atoms with Crippen molar-refractivity contribution < 1.29 is 18.7 Å². The van der Waals surface area contributed by atoms with Crippen LogP contribution in [0, 0.1) is 0 Å². The third kappa shape index (κ3) is 4.68. The summed E-state index contributed by atoms with van der Waals surface area (Å²) in [5.74, 6) is 0.218. The topological polar surface area (TPSA) is 93.5 Å². The molecule has 22 heavy (non-hydrogen) atoms. The first-order chi connectivity index (χ1) is 10.6. The lowest BCUT2D eigenvalue weighted by Gasteiger charge is -2.10. The van der Waals surface area contributed by atoms with Gasteiger partial charge in [0.2, 0.25) is 5.91 Å². The van der Waals surface area contributed by atoms with Gasteiger partial charge in [0.15, 0.2) is 5.13 Å². The highest BCUT2D eigenvalue weighted by Crippen LogP contribution is 2.18. The highest BCUT2D eigenvalue weighted by atomic mass is 32.1. The van der Waals surface area contributed by atoms with Gasteiger partial charge in [-0.15, -0.1) is 11.3 Å². The first-order valence-electron chi connectivity index (χ1n) is 6.66. The van der Waals surface area contributed by atoms with Crippen LogP contribution in [-0.4, -0.2) is 30.5 Å². The molecule has 0 aromatic carbocycles. The van der Waals surface area contributed by atoms with Gasteiger partial charge in [-0.2, -0.15) is 0 Å². The average Bonchev–Trinajstić information content (AvgIpc) is 3.16. The first kappa shape index (κ1) is 16.2. The lowest BCUT2D eigenvalue weighted by molar-refractivity contribution is -0.139. The summed E-state index contributed by atoms with van der Waals surface area (Å²) in [4.78, 5) is 27.8. The molecule has 0 saturated carbocycles. The highest BCUT2D eigenvalue weighted by Gasteiger charge is 2.12. The Labute approximate surface area is 131 Å². The molecule has 2 N–H and O–H groups in total. The Morgan fingerprint density at radius 2 is 2.32 bits per heavy atom. The lowest BCUT2D eigenvalue weighted by atomic mass is 10.2. The summed E-state index contributed by atoms with van der Waals surface area (Å²) in [6.07, 6.45) is 3.29. The Bertz CT molecular complexity index is 624. The minimum atomic E-state index is -0.338. The Balaban J connectivity index is 1.78. The maximum Gasteiger partial charge on any atom is 0.310 e. The van der Waals surface area contributed by atoms with Crippen LogP contribution >= 0.6 is 11.3 Å². The minimum absolute atomic E-state index is 0.0630. The largest absolute Gasteiger partial charge is 0.469 e. The second-order valence-electron chi connectivity index (χ2n) is 4.55. The third-order valence-electron chi connectivity index (χ3n) is 2.88. The number of esters is 1. The van der Waals surface area contributed by atoms with Gasteiger partial charge < -0.3 is 14.5 Å². The molecule has 0 fully saturated rings. The second-order valence-corrected chi connectivity index (χ2v) is 5.67. The van der Waals surface area contributed by atoms with E-state index in [0.29, 0.717) is 5.13 Å². The normalized spacial score (nSPS) is 11.9. The van der Waals surface area contributed by atoms with Crippen molar-refractivity contribution in [2.75, 3.05) is 19.0 Å². The molecule has 0 bridgehead atoms. The van der Waals surface area contributed by atoms with Crippen LogP contribution in [0.1, 0.15) is 23.6 Å². The van der Waals surface area contributed by atoms with E-state index in [9.17, 15) is 9.59 Å². The molecule has 118 valence electrons. The number of carbonyl (C=O) groups excluding carboxylic acids is 2. The molecule has 0 aliphatic heterocycles. The summed E-state index contributed by atoms with van der Waals surface area (Å²) in [5, 5.41) is 6.18. The van der Waals surface area contributed by atoms with Crippen LogP contribution in [0.4, 0.5) is 5.13 Å². The summed E-state index contributed by atoms with van der Waals surface area (Å²) < 4.78 is 9.83. The minimum Gasteiger partial charge on any atom is -0.469 e. The number of hydrogen-bond acceptors (Lipinski definition) is 7. The number of aromatic nitrogens is 1. The number of thiazole rings is 1. The van der Waals surface area contributed by atoms with Gasteiger partial charge in [0.05, 0.1) is 32.4 Å². The zero-order valence-corrected chi connectivity index (χ0v) is 13.1. The molecule has 0 aliphatic rings. The highest BCUT2D eigenvalue weighted by molar-refractivity contribution is 7.15. The van der Waals surface area contributed by atoms with E-state index in [4.69, 9.17) is 4.42 Å². The predicted octanol–water partition coefficient (Wildman–Crippen LogP) is 1.74. The number of nitrogens with one attached hydrogen (secondary N) is 2. The van der Waals surface area contributed by atoms with Crippen LogP contribution in [-0.2, 0) is 20.7 Å². The molecule has 1 unspecified atom stereocenters. The lowest BCUT2D eigenvalue weighted by Crippen LogP contribution is -2.29. The van der Waals surface area contributed by atoms with Crippen LogP contribution in [0.25, 0.3) is 0 Å². The fourth-order valence-corrected chi connectivity index (χ4v) is 2.52. The van der Waals surface area contributed by atoms with Crippen LogP contribution in [0.3, 0.4) is 0 Å². The van der Waals surface area contributed by atoms with Crippen LogP contribution < -0.4 is 10.6 Å². The van der Waals surface area contributed by atoms with E-state index >= 15 is 0 Å². The first-order valence-corrected chi connectivity index (χ1v) is 7.48. The van der Waals surface area contributed by atoms with Gasteiger partial charge in [-0.1, -0.05) is 0 Å². The molecule has 8 heteroatoms. The number of rotatable bonds is 7. The van der Waals surface area contributed by atoms with Crippen molar-refractivity contribution in [3.8, 4) is 0 Å². The van der Waals surface area contributed by atoms with Crippen molar-refractivity contribution in [3.05, 3.63) is 35.2 Å². The standard InChI is InChI=1S/C14H17N3O4S/c1-9(11-4-3-5-21-11)15-8-12(18)17-14-16-7-10(22-14)6-13(19)20-2/h3-5,7,9,15H,6,8H2,1-2H3,(H,16,17,18). The molecule has 7 nitrogen and oxygen atoms in total. The van der Waals surface area contributed by atoms with E-state index < -0.39 is 0 Å². The van der Waals surface area contributed by atoms with Crippen molar-refractivity contribution >= 4 is 28.3 Å². The predicted molar refractivity (Wildman–Crippen MR) is 81.6 cm³/mol. The molecule has 0 saturated heterocycles. The van der Waals surface area contributed by atoms with Gasteiger partial charge in [0.1, 0.15) is 5.76 Å². The number of methoxy groups -OCH3 is 1. The Hall–Kier alpha value is -2.19. The fraction of sp³-hybridized carbons (Fsp3) is 0.357. The molecule has 2 aromatic heterocycles. The van der Waals surface area contributed by atoms with Crippen molar-refractivity contribution in [3.63, 3.8) is 0 Å². The van der Waals surface area contributed by atoms with Crippen molar-refractivity contribution in [2.24, 2.45) is 0 Å². The zero-order valence-electron chi connectivity index (χ0n) is 12.3. The molecular weight excluding hydrogens is 306 g/mol. The Morgan fingerprint density at radius 3 is 3.00 bits per heavy atom. The average molecular weight is 323 g/mol. The zero-order chi connectivity index (χ0) is 15.9. The third-order valence-corrected chi connectivity index (χ3v) is 3.80. The number of hydrogen-bond donors (Lipinski definition) is 2.